The summed E-state index contributed by atoms with van der Waals surface area (Å²) in [4.78, 5) is 4.57. The monoisotopic (exact) mass is 293 g/mol. The number of H-pyrrole nitrogens is 1. The molecule has 2 aromatic heterocycles. The Morgan fingerprint density at radius 2 is 1.95 bits per heavy atom. The van der Waals surface area contributed by atoms with E-state index in [-0.39, 0.29) is 5.75 Å². The average Bonchev–Trinajstić information content (AvgIpc) is 3.00. The Bertz CT molecular complexity index is 803. The van der Waals surface area contributed by atoms with Crippen molar-refractivity contribution >= 4 is 10.9 Å². The Labute approximate surface area is 129 Å². The molecule has 0 aliphatic heterocycles. The molecule has 112 valence electrons. The summed E-state index contributed by atoms with van der Waals surface area (Å²) in [7, 11) is 0. The van der Waals surface area contributed by atoms with Gasteiger partial charge in [0.25, 0.3) is 0 Å². The number of aromatic amines is 1. The van der Waals surface area contributed by atoms with Crippen molar-refractivity contribution in [2.75, 3.05) is 0 Å². The number of aromatic hydroxyl groups is 1. The summed E-state index contributed by atoms with van der Waals surface area (Å²) >= 11 is 0. The highest BCUT2D eigenvalue weighted by Gasteiger charge is 2.22. The Kier molecular flexibility index (Phi) is 3.29. The fourth-order valence-corrected chi connectivity index (χ4v) is 3.55. The van der Waals surface area contributed by atoms with Gasteiger partial charge >= 0.3 is 0 Å². The molecule has 0 bridgehead atoms. The highest BCUT2D eigenvalue weighted by molar-refractivity contribution is 5.94. The van der Waals surface area contributed by atoms with Crippen molar-refractivity contribution in [3.8, 4) is 17.0 Å². The molecule has 1 aliphatic rings. The first-order valence-corrected chi connectivity index (χ1v) is 7.95. The predicted molar refractivity (Wildman–Crippen MR) is 86.8 cm³/mol. The number of benzene rings is 1. The second-order valence-corrected chi connectivity index (χ2v) is 6.08. The summed E-state index contributed by atoms with van der Waals surface area (Å²) < 4.78 is 0. The third kappa shape index (κ3) is 2.25. The third-order valence-electron chi connectivity index (χ3n) is 4.63. The highest BCUT2D eigenvalue weighted by Crippen LogP contribution is 2.38. The number of hydrogen-bond acceptors (Lipinski definition) is 3. The predicted octanol–water partition coefficient (Wildman–Crippen LogP) is 4.38. The fourth-order valence-electron chi connectivity index (χ4n) is 3.55. The highest BCUT2D eigenvalue weighted by atomic mass is 16.3. The fraction of sp³-hybridized carbons (Fsp3) is 0.333. The van der Waals surface area contributed by atoms with Crippen LogP contribution in [-0.4, -0.2) is 20.3 Å². The molecule has 4 nitrogen and oxygen atoms in total. The normalized spacial score (nSPS) is 16.2. The van der Waals surface area contributed by atoms with E-state index in [2.05, 4.69) is 15.2 Å². The maximum absolute atomic E-state index is 9.76. The van der Waals surface area contributed by atoms with Crippen LogP contribution in [0, 0.1) is 0 Å². The van der Waals surface area contributed by atoms with Crippen molar-refractivity contribution in [1.29, 1.82) is 0 Å². The number of pyridine rings is 1. The number of nitrogens with zero attached hydrogens (tertiary/aromatic N) is 2. The van der Waals surface area contributed by atoms with E-state index in [0.717, 1.165) is 22.2 Å². The Morgan fingerprint density at radius 1 is 1.09 bits per heavy atom. The molecule has 2 heterocycles. The van der Waals surface area contributed by atoms with E-state index in [9.17, 15) is 5.11 Å². The van der Waals surface area contributed by atoms with Gasteiger partial charge in [0, 0.05) is 28.8 Å². The minimum Gasteiger partial charge on any atom is -0.508 e. The molecule has 4 rings (SSSR count). The van der Waals surface area contributed by atoms with Crippen molar-refractivity contribution in [3.05, 3.63) is 42.2 Å². The van der Waals surface area contributed by atoms with Crippen LogP contribution in [0.2, 0.25) is 0 Å². The molecule has 0 atom stereocenters. The summed E-state index contributed by atoms with van der Waals surface area (Å²) in [6.45, 7) is 0. The zero-order chi connectivity index (χ0) is 14.9. The van der Waals surface area contributed by atoms with E-state index in [1.807, 2.05) is 18.2 Å². The van der Waals surface area contributed by atoms with Gasteiger partial charge in [-0.3, -0.25) is 10.1 Å². The molecule has 1 fully saturated rings. The van der Waals surface area contributed by atoms with E-state index in [1.165, 1.54) is 37.8 Å². The second kappa shape index (κ2) is 5.44. The zero-order valence-corrected chi connectivity index (χ0v) is 12.4. The van der Waals surface area contributed by atoms with Gasteiger partial charge in [0.05, 0.1) is 11.2 Å². The molecule has 0 radical (unpaired) electrons. The van der Waals surface area contributed by atoms with Crippen molar-refractivity contribution in [3.63, 3.8) is 0 Å². The van der Waals surface area contributed by atoms with Crippen LogP contribution in [0.4, 0.5) is 0 Å². The van der Waals surface area contributed by atoms with E-state index in [1.54, 1.807) is 18.3 Å². The van der Waals surface area contributed by atoms with Gasteiger partial charge in [-0.05, 0) is 31.0 Å². The van der Waals surface area contributed by atoms with E-state index >= 15 is 0 Å². The van der Waals surface area contributed by atoms with Crippen molar-refractivity contribution in [1.82, 2.24) is 15.2 Å². The number of aromatic nitrogens is 3. The minimum absolute atomic E-state index is 0.263. The molecule has 1 saturated carbocycles. The molecule has 4 heteroatoms. The first-order chi connectivity index (χ1) is 10.8. The summed E-state index contributed by atoms with van der Waals surface area (Å²) in [6, 6.07) is 9.23. The molecule has 0 amide bonds. The van der Waals surface area contributed by atoms with Gasteiger partial charge in [0.2, 0.25) is 0 Å². The molecule has 0 saturated heterocycles. The van der Waals surface area contributed by atoms with Crippen LogP contribution >= 0.6 is 0 Å². The van der Waals surface area contributed by atoms with Crippen LogP contribution in [0.25, 0.3) is 22.2 Å². The molecule has 0 spiro atoms. The van der Waals surface area contributed by atoms with Crippen LogP contribution in [0.15, 0.2) is 36.5 Å². The lowest BCUT2D eigenvalue weighted by Crippen LogP contribution is -2.05. The number of hydrogen-bond donors (Lipinski definition) is 2. The number of phenols is 1. The summed E-state index contributed by atoms with van der Waals surface area (Å²) in [5, 5.41) is 18.6. The molecule has 3 aromatic rings. The molecule has 22 heavy (non-hydrogen) atoms. The van der Waals surface area contributed by atoms with Crippen LogP contribution in [0.5, 0.6) is 5.75 Å². The summed E-state index contributed by atoms with van der Waals surface area (Å²) in [5.74, 6) is 0.804. The SMILES string of the molecule is Oc1cccc(-c2nccc3n[nH]c(C4CCCCC4)c23)c1. The third-order valence-corrected chi connectivity index (χ3v) is 4.63. The second-order valence-electron chi connectivity index (χ2n) is 6.08. The quantitative estimate of drug-likeness (QED) is 0.737. The van der Waals surface area contributed by atoms with Gasteiger partial charge in [-0.1, -0.05) is 31.4 Å². The van der Waals surface area contributed by atoms with E-state index < -0.39 is 0 Å². The smallest absolute Gasteiger partial charge is 0.116 e. The Hall–Kier alpha value is -2.36. The van der Waals surface area contributed by atoms with Crippen molar-refractivity contribution in [2.45, 2.75) is 38.0 Å². The van der Waals surface area contributed by atoms with Gasteiger partial charge in [-0.25, -0.2) is 0 Å². The average molecular weight is 293 g/mol. The van der Waals surface area contributed by atoms with E-state index in [0.29, 0.717) is 5.92 Å². The lowest BCUT2D eigenvalue weighted by molar-refractivity contribution is 0.438. The van der Waals surface area contributed by atoms with Crippen LogP contribution < -0.4 is 0 Å². The molecule has 1 aliphatic carbocycles. The Morgan fingerprint density at radius 3 is 2.77 bits per heavy atom. The van der Waals surface area contributed by atoms with Gasteiger partial charge in [0.1, 0.15) is 5.75 Å². The van der Waals surface area contributed by atoms with Gasteiger partial charge in [-0.15, -0.1) is 0 Å². The maximum Gasteiger partial charge on any atom is 0.116 e. The molecular weight excluding hydrogens is 274 g/mol. The van der Waals surface area contributed by atoms with Crippen molar-refractivity contribution in [2.24, 2.45) is 0 Å². The first-order valence-electron chi connectivity index (χ1n) is 7.95. The lowest BCUT2D eigenvalue weighted by Gasteiger charge is -2.21. The van der Waals surface area contributed by atoms with Gasteiger partial charge in [0.15, 0.2) is 0 Å². The largest absolute Gasteiger partial charge is 0.508 e. The van der Waals surface area contributed by atoms with Gasteiger partial charge < -0.3 is 5.11 Å². The van der Waals surface area contributed by atoms with Crippen LogP contribution in [-0.2, 0) is 0 Å². The minimum atomic E-state index is 0.263. The standard InChI is InChI=1S/C18H19N3O/c22-14-8-4-7-13(11-14)17-16-15(9-10-19-17)20-21-18(16)12-5-2-1-3-6-12/h4,7-12,22H,1-3,5-6H2,(H,20,21). The van der Waals surface area contributed by atoms with E-state index in [4.69, 9.17) is 0 Å². The first kappa shape index (κ1) is 13.3. The zero-order valence-electron chi connectivity index (χ0n) is 12.4. The summed E-state index contributed by atoms with van der Waals surface area (Å²) in [6.07, 6.45) is 8.12. The molecular formula is C18H19N3O. The number of phenolic OH excluding ortho intramolecular Hbond substituents is 1. The van der Waals surface area contributed by atoms with Crippen molar-refractivity contribution < 1.29 is 5.11 Å². The van der Waals surface area contributed by atoms with Crippen LogP contribution in [0.3, 0.4) is 0 Å². The molecule has 2 N–H and O–H groups in total. The summed E-state index contributed by atoms with van der Waals surface area (Å²) in [5.41, 5.74) is 4.00. The molecule has 1 aromatic carbocycles. The topological polar surface area (TPSA) is 61.8 Å². The number of fused-ring (bicyclic) bond motifs is 1. The number of rotatable bonds is 2. The van der Waals surface area contributed by atoms with Gasteiger partial charge in [-0.2, -0.15) is 5.10 Å². The maximum atomic E-state index is 9.76. The Balaban J connectivity index is 1.89. The number of nitrogens with one attached hydrogen (secondary N) is 1. The van der Waals surface area contributed by atoms with Crippen LogP contribution in [0.1, 0.15) is 43.7 Å². The molecule has 0 unspecified atom stereocenters. The lowest BCUT2D eigenvalue weighted by atomic mass is 9.85.